The highest BCUT2D eigenvalue weighted by Crippen LogP contribution is 2.17. The summed E-state index contributed by atoms with van der Waals surface area (Å²) in [7, 11) is 0. The molecule has 1 aromatic heterocycles. The summed E-state index contributed by atoms with van der Waals surface area (Å²) in [5.74, 6) is -0.617. The molecule has 0 aliphatic rings. The predicted octanol–water partition coefficient (Wildman–Crippen LogP) is 1.02. The van der Waals surface area contributed by atoms with Gasteiger partial charge < -0.3 is 5.73 Å². The van der Waals surface area contributed by atoms with E-state index in [1.165, 1.54) is 11.0 Å². The maximum Gasteiger partial charge on any atom is 0.270 e. The normalized spacial score (nSPS) is 10.2. The largest absolute Gasteiger partial charge is 0.364 e. The molecule has 1 aromatic carbocycles. The van der Waals surface area contributed by atoms with Gasteiger partial charge in [0.1, 0.15) is 5.69 Å². The van der Waals surface area contributed by atoms with Crippen molar-refractivity contribution in [1.82, 2.24) is 15.0 Å². The third kappa shape index (κ3) is 1.82. The van der Waals surface area contributed by atoms with Gasteiger partial charge in [0.25, 0.3) is 5.91 Å². The summed E-state index contributed by atoms with van der Waals surface area (Å²) in [5.41, 5.74) is 5.77. The van der Waals surface area contributed by atoms with Gasteiger partial charge in [-0.2, -0.15) is 5.10 Å². The van der Waals surface area contributed by atoms with Crippen LogP contribution in [0.15, 0.2) is 30.5 Å². The van der Waals surface area contributed by atoms with Gasteiger partial charge >= 0.3 is 0 Å². The van der Waals surface area contributed by atoms with E-state index in [1.54, 1.807) is 24.3 Å². The van der Waals surface area contributed by atoms with Gasteiger partial charge in [0.15, 0.2) is 5.69 Å². The lowest BCUT2D eigenvalue weighted by molar-refractivity contribution is 0.0995. The number of hydrogen-bond donors (Lipinski definition) is 1. The summed E-state index contributed by atoms with van der Waals surface area (Å²) in [6.45, 7) is 0. The van der Waals surface area contributed by atoms with Crippen LogP contribution in [0.5, 0.6) is 0 Å². The zero-order valence-electron chi connectivity index (χ0n) is 7.59. The third-order valence-corrected chi connectivity index (χ3v) is 2.13. The highest BCUT2D eigenvalue weighted by molar-refractivity contribution is 6.32. The number of amides is 1. The molecule has 2 aromatic rings. The minimum atomic E-state index is -0.617. The van der Waals surface area contributed by atoms with E-state index in [-0.39, 0.29) is 5.69 Å². The first-order valence-electron chi connectivity index (χ1n) is 4.15. The lowest BCUT2D eigenvalue weighted by Crippen LogP contribution is -2.12. The van der Waals surface area contributed by atoms with Crippen LogP contribution in [-0.2, 0) is 0 Å². The van der Waals surface area contributed by atoms with Crippen LogP contribution >= 0.6 is 11.6 Å². The molecule has 76 valence electrons. The minimum absolute atomic E-state index is 0.106. The molecule has 2 rings (SSSR count). The Hall–Kier alpha value is -1.88. The minimum Gasteiger partial charge on any atom is -0.364 e. The summed E-state index contributed by atoms with van der Waals surface area (Å²) in [4.78, 5) is 12.1. The van der Waals surface area contributed by atoms with Crippen LogP contribution in [0.3, 0.4) is 0 Å². The number of carbonyl (C=O) groups is 1. The van der Waals surface area contributed by atoms with E-state index in [4.69, 9.17) is 17.3 Å². The Bertz CT molecular complexity index is 508. The van der Waals surface area contributed by atoms with Crippen molar-refractivity contribution in [2.24, 2.45) is 5.73 Å². The maximum absolute atomic E-state index is 10.8. The van der Waals surface area contributed by atoms with Crippen LogP contribution in [0, 0.1) is 0 Å². The Kier molecular flexibility index (Phi) is 2.39. The van der Waals surface area contributed by atoms with Gasteiger partial charge in [0.2, 0.25) is 0 Å². The number of benzene rings is 1. The quantitative estimate of drug-likeness (QED) is 0.825. The molecule has 1 amide bonds. The third-order valence-electron chi connectivity index (χ3n) is 1.81. The molecule has 6 heteroatoms. The maximum atomic E-state index is 10.8. The second-order valence-corrected chi connectivity index (χ2v) is 3.24. The highest BCUT2D eigenvalue weighted by atomic mass is 35.5. The molecule has 5 nitrogen and oxygen atoms in total. The topological polar surface area (TPSA) is 73.8 Å². The molecule has 0 saturated carbocycles. The molecule has 0 spiro atoms. The van der Waals surface area contributed by atoms with Crippen LogP contribution in [0.1, 0.15) is 10.5 Å². The van der Waals surface area contributed by atoms with Crippen molar-refractivity contribution >= 4 is 17.5 Å². The molecule has 2 N–H and O–H groups in total. The van der Waals surface area contributed by atoms with Gasteiger partial charge in [-0.25, -0.2) is 0 Å². The smallest absolute Gasteiger partial charge is 0.270 e. The van der Waals surface area contributed by atoms with Crippen molar-refractivity contribution in [3.05, 3.63) is 41.2 Å². The molecular weight excluding hydrogens is 216 g/mol. The van der Waals surface area contributed by atoms with Crippen molar-refractivity contribution < 1.29 is 4.79 Å². The number of primary amides is 1. The number of halogens is 1. The fourth-order valence-corrected chi connectivity index (χ4v) is 1.32. The zero-order valence-corrected chi connectivity index (χ0v) is 8.35. The van der Waals surface area contributed by atoms with E-state index in [0.29, 0.717) is 10.7 Å². The first-order valence-corrected chi connectivity index (χ1v) is 4.53. The Morgan fingerprint density at radius 3 is 2.73 bits per heavy atom. The Morgan fingerprint density at radius 1 is 1.40 bits per heavy atom. The first kappa shape index (κ1) is 9.67. The second-order valence-electron chi connectivity index (χ2n) is 2.83. The predicted molar refractivity (Wildman–Crippen MR) is 54.9 cm³/mol. The molecule has 0 aliphatic heterocycles. The van der Waals surface area contributed by atoms with E-state index >= 15 is 0 Å². The van der Waals surface area contributed by atoms with E-state index in [9.17, 15) is 4.79 Å². The molecule has 0 unspecified atom stereocenters. The monoisotopic (exact) mass is 222 g/mol. The zero-order chi connectivity index (χ0) is 10.8. The van der Waals surface area contributed by atoms with Gasteiger partial charge in [0.05, 0.1) is 11.2 Å². The van der Waals surface area contributed by atoms with Crippen molar-refractivity contribution in [2.45, 2.75) is 0 Å². The van der Waals surface area contributed by atoms with Crippen molar-refractivity contribution in [1.29, 1.82) is 0 Å². The average molecular weight is 223 g/mol. The first-order chi connectivity index (χ1) is 7.18. The summed E-state index contributed by atoms with van der Waals surface area (Å²) in [6.07, 6.45) is 1.30. The fraction of sp³-hybridized carbons (Fsp3) is 0. The Balaban J connectivity index is 2.46. The van der Waals surface area contributed by atoms with E-state index in [1.807, 2.05) is 0 Å². The van der Waals surface area contributed by atoms with Gasteiger partial charge in [-0.05, 0) is 12.1 Å². The van der Waals surface area contributed by atoms with Crippen LogP contribution in [-0.4, -0.2) is 20.9 Å². The molecule has 0 saturated heterocycles. The van der Waals surface area contributed by atoms with Crippen LogP contribution in [0.25, 0.3) is 5.69 Å². The number of nitrogens with zero attached hydrogens (tertiary/aromatic N) is 3. The van der Waals surface area contributed by atoms with Crippen molar-refractivity contribution in [3.8, 4) is 5.69 Å². The van der Waals surface area contributed by atoms with Crippen LogP contribution < -0.4 is 5.73 Å². The van der Waals surface area contributed by atoms with E-state index in [2.05, 4.69) is 10.2 Å². The molecule has 0 radical (unpaired) electrons. The van der Waals surface area contributed by atoms with E-state index in [0.717, 1.165) is 0 Å². The molecule has 0 atom stereocenters. The lowest BCUT2D eigenvalue weighted by Gasteiger charge is -2.00. The number of rotatable bonds is 2. The fourth-order valence-electron chi connectivity index (χ4n) is 1.11. The summed E-state index contributed by atoms with van der Waals surface area (Å²) >= 11 is 5.93. The molecule has 0 bridgehead atoms. The SMILES string of the molecule is NC(=O)c1cnn(-c2ccccc2Cl)n1. The van der Waals surface area contributed by atoms with E-state index < -0.39 is 5.91 Å². The number of aromatic nitrogens is 3. The Morgan fingerprint density at radius 2 is 2.13 bits per heavy atom. The molecular formula is C9H7ClN4O. The van der Waals surface area contributed by atoms with Gasteiger partial charge in [-0.3, -0.25) is 4.79 Å². The summed E-state index contributed by atoms with van der Waals surface area (Å²) in [6, 6.07) is 7.05. The van der Waals surface area contributed by atoms with Crippen molar-refractivity contribution in [2.75, 3.05) is 0 Å². The molecule has 15 heavy (non-hydrogen) atoms. The Labute approximate surface area is 90.5 Å². The molecule has 0 fully saturated rings. The number of nitrogens with two attached hydrogens (primary N) is 1. The number of para-hydroxylation sites is 1. The second kappa shape index (κ2) is 3.70. The molecule has 0 aliphatic carbocycles. The van der Waals surface area contributed by atoms with Gasteiger partial charge in [0, 0.05) is 0 Å². The standard InChI is InChI=1S/C9H7ClN4O/c10-6-3-1-2-4-8(6)14-12-5-7(13-14)9(11)15/h1-5H,(H2,11,15). The van der Waals surface area contributed by atoms with Crippen LogP contribution in [0.2, 0.25) is 5.02 Å². The van der Waals surface area contributed by atoms with Gasteiger partial charge in [-0.1, -0.05) is 23.7 Å². The highest BCUT2D eigenvalue weighted by Gasteiger charge is 2.08. The lowest BCUT2D eigenvalue weighted by atomic mass is 10.3. The number of carbonyl (C=O) groups excluding carboxylic acids is 1. The summed E-state index contributed by atoms with van der Waals surface area (Å²) < 4.78 is 0. The molecule has 1 heterocycles. The average Bonchev–Trinajstić information content (AvgIpc) is 2.67. The van der Waals surface area contributed by atoms with Crippen molar-refractivity contribution in [3.63, 3.8) is 0 Å². The number of hydrogen-bond acceptors (Lipinski definition) is 3. The summed E-state index contributed by atoms with van der Waals surface area (Å²) in [5, 5.41) is 8.28. The van der Waals surface area contributed by atoms with Gasteiger partial charge in [-0.15, -0.1) is 9.90 Å². The van der Waals surface area contributed by atoms with Crippen LogP contribution in [0.4, 0.5) is 0 Å².